The predicted octanol–water partition coefficient (Wildman–Crippen LogP) is 5.14. The number of nitrogens with zero attached hydrogens (tertiary/aromatic N) is 1. The highest BCUT2D eigenvalue weighted by Gasteiger charge is 2.19. The van der Waals surface area contributed by atoms with Crippen LogP contribution in [0.1, 0.15) is 32.4 Å². The summed E-state index contributed by atoms with van der Waals surface area (Å²) < 4.78 is 1.61. The van der Waals surface area contributed by atoms with E-state index in [1.54, 1.807) is 36.4 Å². The molecule has 2 N–H and O–H groups in total. The number of anilines is 1. The molecular weight excluding hydrogens is 510 g/mol. The van der Waals surface area contributed by atoms with Crippen molar-refractivity contribution >= 4 is 49.4 Å². The Morgan fingerprint density at radius 2 is 1.23 bits per heavy atom. The average Bonchev–Trinajstić information content (AvgIpc) is 2.73. The maximum atomic E-state index is 12.8. The van der Waals surface area contributed by atoms with E-state index in [0.29, 0.717) is 11.1 Å². The quantitative estimate of drug-likeness (QED) is 0.434. The molecule has 0 unspecified atom stereocenters. The number of carbonyl (C=O) groups excluding carboxylic acids is 2. The van der Waals surface area contributed by atoms with E-state index < -0.39 is 6.17 Å². The fourth-order valence-electron chi connectivity index (χ4n) is 2.86. The lowest BCUT2D eigenvalue weighted by molar-refractivity contribution is 0.0883. The molecule has 3 rings (SSSR count). The zero-order valence-electron chi connectivity index (χ0n) is 16.5. The Morgan fingerprint density at radius 3 is 1.63 bits per heavy atom. The van der Waals surface area contributed by atoms with Crippen molar-refractivity contribution in [3.05, 3.63) is 98.4 Å². The maximum absolute atomic E-state index is 12.8. The van der Waals surface area contributed by atoms with Gasteiger partial charge in [0, 0.05) is 39.9 Å². The van der Waals surface area contributed by atoms with Crippen LogP contribution in [-0.2, 0) is 0 Å². The monoisotopic (exact) mass is 529 g/mol. The van der Waals surface area contributed by atoms with Gasteiger partial charge in [-0.3, -0.25) is 9.59 Å². The number of amides is 2. The van der Waals surface area contributed by atoms with Crippen molar-refractivity contribution < 1.29 is 9.59 Å². The second kappa shape index (κ2) is 9.91. The molecule has 0 saturated carbocycles. The van der Waals surface area contributed by atoms with Crippen LogP contribution in [0.15, 0.2) is 81.7 Å². The number of rotatable bonds is 6. The smallest absolute Gasteiger partial charge is 0.253 e. The minimum Gasteiger partial charge on any atom is -0.378 e. The minimum atomic E-state index is -0.695. The second-order valence-electron chi connectivity index (χ2n) is 6.89. The highest BCUT2D eigenvalue weighted by atomic mass is 79.9. The average molecular weight is 531 g/mol. The Morgan fingerprint density at radius 1 is 0.767 bits per heavy atom. The lowest BCUT2D eigenvalue weighted by atomic mass is 10.1. The lowest BCUT2D eigenvalue weighted by Gasteiger charge is -2.22. The van der Waals surface area contributed by atoms with Gasteiger partial charge in [-0.25, -0.2) is 0 Å². The van der Waals surface area contributed by atoms with Crippen LogP contribution in [0.2, 0.25) is 0 Å². The molecule has 3 aromatic carbocycles. The SMILES string of the molecule is CN(C)c1ccc(C(NC(=O)c2cccc(Br)c2)NC(=O)c2cccc(Br)c2)cc1. The summed E-state index contributed by atoms with van der Waals surface area (Å²) in [6.45, 7) is 0. The highest BCUT2D eigenvalue weighted by molar-refractivity contribution is 9.10. The first-order valence-corrected chi connectivity index (χ1v) is 10.8. The Bertz CT molecular complexity index is 993. The predicted molar refractivity (Wildman–Crippen MR) is 127 cm³/mol. The molecule has 0 aliphatic rings. The van der Waals surface area contributed by atoms with Crippen LogP contribution in [0.3, 0.4) is 0 Å². The van der Waals surface area contributed by atoms with Gasteiger partial charge < -0.3 is 15.5 Å². The van der Waals surface area contributed by atoms with Gasteiger partial charge in [0.2, 0.25) is 0 Å². The normalized spacial score (nSPS) is 10.6. The van der Waals surface area contributed by atoms with Gasteiger partial charge in [-0.2, -0.15) is 0 Å². The first-order valence-electron chi connectivity index (χ1n) is 9.23. The third-order valence-electron chi connectivity index (χ3n) is 4.47. The number of carbonyl (C=O) groups is 2. The van der Waals surface area contributed by atoms with Crippen LogP contribution >= 0.6 is 31.9 Å². The molecule has 7 heteroatoms. The number of nitrogens with one attached hydrogen (secondary N) is 2. The number of halogens is 2. The number of hydrogen-bond acceptors (Lipinski definition) is 3. The summed E-state index contributed by atoms with van der Waals surface area (Å²) in [5, 5.41) is 5.85. The minimum absolute atomic E-state index is 0.285. The summed E-state index contributed by atoms with van der Waals surface area (Å²) >= 11 is 6.76. The molecule has 0 atom stereocenters. The van der Waals surface area contributed by atoms with Crippen LogP contribution in [-0.4, -0.2) is 25.9 Å². The van der Waals surface area contributed by atoms with E-state index in [1.807, 2.05) is 55.4 Å². The van der Waals surface area contributed by atoms with Gasteiger partial charge >= 0.3 is 0 Å². The van der Waals surface area contributed by atoms with Crippen molar-refractivity contribution in [2.45, 2.75) is 6.17 Å². The Balaban J connectivity index is 1.87. The first-order chi connectivity index (χ1) is 14.3. The molecule has 0 aromatic heterocycles. The summed E-state index contributed by atoms with van der Waals surface area (Å²) in [4.78, 5) is 27.6. The summed E-state index contributed by atoms with van der Waals surface area (Å²) in [6.07, 6.45) is -0.695. The molecule has 0 radical (unpaired) electrons. The van der Waals surface area contributed by atoms with Crippen molar-refractivity contribution in [1.29, 1.82) is 0 Å². The number of benzene rings is 3. The molecule has 0 aliphatic carbocycles. The van der Waals surface area contributed by atoms with Crippen molar-refractivity contribution in [1.82, 2.24) is 10.6 Å². The number of hydrogen-bond donors (Lipinski definition) is 2. The van der Waals surface area contributed by atoms with E-state index >= 15 is 0 Å². The Kier molecular flexibility index (Phi) is 7.29. The molecule has 3 aromatic rings. The second-order valence-corrected chi connectivity index (χ2v) is 8.72. The van der Waals surface area contributed by atoms with Gasteiger partial charge in [0.25, 0.3) is 11.8 Å². The molecule has 0 heterocycles. The first kappa shape index (κ1) is 22.1. The fourth-order valence-corrected chi connectivity index (χ4v) is 3.65. The fraction of sp³-hybridized carbons (Fsp3) is 0.130. The topological polar surface area (TPSA) is 61.4 Å². The summed E-state index contributed by atoms with van der Waals surface area (Å²) in [5.41, 5.74) is 2.79. The Hall–Kier alpha value is -2.64. The van der Waals surface area contributed by atoms with Gasteiger partial charge in [0.05, 0.1) is 0 Å². The van der Waals surface area contributed by atoms with E-state index in [1.165, 1.54) is 0 Å². The van der Waals surface area contributed by atoms with E-state index in [2.05, 4.69) is 42.5 Å². The largest absolute Gasteiger partial charge is 0.378 e. The van der Waals surface area contributed by atoms with Crippen LogP contribution in [0.4, 0.5) is 5.69 Å². The van der Waals surface area contributed by atoms with E-state index in [9.17, 15) is 9.59 Å². The van der Waals surface area contributed by atoms with Crippen molar-refractivity contribution in [2.24, 2.45) is 0 Å². The zero-order valence-corrected chi connectivity index (χ0v) is 19.7. The highest BCUT2D eigenvalue weighted by Crippen LogP contribution is 2.19. The molecule has 0 spiro atoms. The molecule has 5 nitrogen and oxygen atoms in total. The molecule has 0 fully saturated rings. The van der Waals surface area contributed by atoms with E-state index in [0.717, 1.165) is 20.2 Å². The molecule has 0 saturated heterocycles. The van der Waals surface area contributed by atoms with Crippen molar-refractivity contribution in [3.8, 4) is 0 Å². The van der Waals surface area contributed by atoms with Crippen LogP contribution in [0.25, 0.3) is 0 Å². The summed E-state index contributed by atoms with van der Waals surface area (Å²) in [5.74, 6) is -0.569. The zero-order chi connectivity index (χ0) is 21.7. The van der Waals surface area contributed by atoms with E-state index in [4.69, 9.17) is 0 Å². The molecule has 2 amide bonds. The third kappa shape index (κ3) is 5.70. The van der Waals surface area contributed by atoms with Crippen molar-refractivity contribution in [2.75, 3.05) is 19.0 Å². The standard InChI is InChI=1S/C23H21Br2N3O2/c1-28(2)20-11-9-15(10-12-20)21(26-22(29)16-5-3-7-18(24)13-16)27-23(30)17-6-4-8-19(25)14-17/h3-14,21H,1-2H3,(H,26,29)(H,27,30). The molecule has 30 heavy (non-hydrogen) atoms. The summed E-state index contributed by atoms with van der Waals surface area (Å²) in [7, 11) is 3.91. The molecule has 154 valence electrons. The summed E-state index contributed by atoms with van der Waals surface area (Å²) in [6, 6.07) is 21.9. The maximum Gasteiger partial charge on any atom is 0.253 e. The van der Waals surface area contributed by atoms with Gasteiger partial charge in [-0.15, -0.1) is 0 Å². The van der Waals surface area contributed by atoms with Gasteiger partial charge in [-0.1, -0.05) is 56.1 Å². The van der Waals surface area contributed by atoms with Crippen LogP contribution in [0, 0.1) is 0 Å². The van der Waals surface area contributed by atoms with Crippen LogP contribution < -0.4 is 15.5 Å². The van der Waals surface area contributed by atoms with Crippen LogP contribution in [0.5, 0.6) is 0 Å². The molecule has 0 bridgehead atoms. The molecule has 0 aliphatic heterocycles. The lowest BCUT2D eigenvalue weighted by Crippen LogP contribution is -2.41. The van der Waals surface area contributed by atoms with E-state index in [-0.39, 0.29) is 11.8 Å². The van der Waals surface area contributed by atoms with Gasteiger partial charge in [0.15, 0.2) is 0 Å². The van der Waals surface area contributed by atoms with Gasteiger partial charge in [0.1, 0.15) is 6.17 Å². The van der Waals surface area contributed by atoms with Gasteiger partial charge in [-0.05, 0) is 54.1 Å². The molecular formula is C23H21Br2N3O2. The van der Waals surface area contributed by atoms with Crippen molar-refractivity contribution in [3.63, 3.8) is 0 Å². The Labute approximate surface area is 192 Å². The third-order valence-corrected chi connectivity index (χ3v) is 5.45.